The Morgan fingerprint density at radius 3 is 2.23 bits per heavy atom. The molecule has 3 N–H and O–H groups in total. The van der Waals surface area contributed by atoms with E-state index in [1.165, 1.54) is 20.8 Å². The van der Waals surface area contributed by atoms with Crippen LogP contribution >= 0.6 is 0 Å². The molecule has 1 heterocycles. The minimum absolute atomic E-state index is 0.110. The molecule has 0 aromatic heterocycles. The summed E-state index contributed by atoms with van der Waals surface area (Å²) in [5.74, 6) is -1.26. The minimum atomic E-state index is -0.864. The van der Waals surface area contributed by atoms with Crippen molar-refractivity contribution in [1.82, 2.24) is 5.32 Å². The Kier molecular flexibility index (Phi) is 10.3. The molecule has 1 aliphatic heterocycles. The summed E-state index contributed by atoms with van der Waals surface area (Å²) in [6.07, 6.45) is -2.07. The standard InChI is InChI=1S/C21H38N2O8/c1-13(24)23-16-8-17(29-15(3)26)18(9-28-14(2)25)30-19(16)31-21(6,7)12-27-11-20(4,5)10-22/h16-19H,8-12,22H2,1-7H3,(H,23,24)/t16-,17-,18-,19?/m1/s1. The second-order valence-corrected chi connectivity index (χ2v) is 9.27. The van der Waals surface area contributed by atoms with E-state index in [0.717, 1.165) is 0 Å². The first-order valence-electron chi connectivity index (χ1n) is 10.4. The van der Waals surface area contributed by atoms with E-state index < -0.39 is 42.1 Å². The molecule has 0 radical (unpaired) electrons. The van der Waals surface area contributed by atoms with E-state index >= 15 is 0 Å². The molecule has 10 heteroatoms. The third kappa shape index (κ3) is 10.4. The second-order valence-electron chi connectivity index (χ2n) is 9.27. The summed E-state index contributed by atoms with van der Waals surface area (Å²) in [7, 11) is 0. The summed E-state index contributed by atoms with van der Waals surface area (Å²) in [6, 6.07) is -0.574. The molecule has 1 amide bonds. The molecule has 0 spiro atoms. The van der Waals surface area contributed by atoms with Crippen LogP contribution < -0.4 is 11.1 Å². The van der Waals surface area contributed by atoms with Gasteiger partial charge in [0.1, 0.15) is 18.8 Å². The van der Waals surface area contributed by atoms with Crippen molar-refractivity contribution in [3.8, 4) is 0 Å². The molecular weight excluding hydrogens is 408 g/mol. The van der Waals surface area contributed by atoms with Crippen molar-refractivity contribution in [2.75, 3.05) is 26.4 Å². The maximum atomic E-state index is 11.7. The average molecular weight is 447 g/mol. The van der Waals surface area contributed by atoms with Crippen LogP contribution in [0.2, 0.25) is 0 Å². The van der Waals surface area contributed by atoms with Crippen LogP contribution in [-0.2, 0) is 38.1 Å². The van der Waals surface area contributed by atoms with Crippen LogP contribution in [0.1, 0.15) is 54.9 Å². The van der Waals surface area contributed by atoms with E-state index in [4.69, 9.17) is 29.4 Å². The highest BCUT2D eigenvalue weighted by atomic mass is 16.7. The zero-order chi connectivity index (χ0) is 23.8. The molecule has 1 aliphatic rings. The van der Waals surface area contributed by atoms with Gasteiger partial charge in [-0.2, -0.15) is 0 Å². The Bertz CT molecular complexity index is 623. The van der Waals surface area contributed by atoms with Gasteiger partial charge < -0.3 is 34.7 Å². The van der Waals surface area contributed by atoms with E-state index in [0.29, 0.717) is 13.2 Å². The monoisotopic (exact) mass is 446 g/mol. The van der Waals surface area contributed by atoms with Gasteiger partial charge in [0.15, 0.2) is 6.29 Å². The molecule has 10 nitrogen and oxygen atoms in total. The predicted molar refractivity (Wildman–Crippen MR) is 112 cm³/mol. The number of nitrogens with one attached hydrogen (secondary N) is 1. The fourth-order valence-electron chi connectivity index (χ4n) is 3.03. The fraction of sp³-hybridized carbons (Fsp3) is 0.857. The lowest BCUT2D eigenvalue weighted by Crippen LogP contribution is -2.59. The van der Waals surface area contributed by atoms with E-state index in [1.807, 2.05) is 27.7 Å². The minimum Gasteiger partial charge on any atom is -0.463 e. The van der Waals surface area contributed by atoms with Crippen molar-refractivity contribution in [1.29, 1.82) is 0 Å². The average Bonchev–Trinajstić information content (AvgIpc) is 2.61. The molecular formula is C21H38N2O8. The molecule has 0 saturated carbocycles. The number of carbonyl (C=O) groups is 3. The first-order valence-corrected chi connectivity index (χ1v) is 10.4. The first-order chi connectivity index (χ1) is 14.2. The SMILES string of the molecule is CC(=O)N[C@@H]1C[C@@H](OC(C)=O)[C@@H](COC(C)=O)OC1OC(C)(C)COCC(C)(C)CN. The number of esters is 2. The van der Waals surface area contributed by atoms with Gasteiger partial charge in [-0.25, -0.2) is 0 Å². The second kappa shape index (κ2) is 11.8. The zero-order valence-corrected chi connectivity index (χ0v) is 19.7. The van der Waals surface area contributed by atoms with E-state index in [2.05, 4.69) is 5.32 Å². The fourth-order valence-corrected chi connectivity index (χ4v) is 3.03. The topological polar surface area (TPSA) is 135 Å². The summed E-state index contributed by atoms with van der Waals surface area (Å²) in [5, 5.41) is 2.79. The summed E-state index contributed by atoms with van der Waals surface area (Å²) in [6.45, 7) is 12.7. The van der Waals surface area contributed by atoms with Crippen LogP contribution in [0.3, 0.4) is 0 Å². The van der Waals surface area contributed by atoms with Crippen molar-refractivity contribution in [3.63, 3.8) is 0 Å². The quantitative estimate of drug-likeness (QED) is 0.444. The molecule has 1 fully saturated rings. The third-order valence-corrected chi connectivity index (χ3v) is 4.63. The summed E-state index contributed by atoms with van der Waals surface area (Å²) in [5.41, 5.74) is 4.82. The van der Waals surface area contributed by atoms with Gasteiger partial charge in [-0.3, -0.25) is 14.4 Å². The van der Waals surface area contributed by atoms with Gasteiger partial charge in [-0.05, 0) is 20.4 Å². The van der Waals surface area contributed by atoms with Gasteiger partial charge >= 0.3 is 11.9 Å². The number of nitrogens with two attached hydrogens (primary N) is 1. The molecule has 180 valence electrons. The van der Waals surface area contributed by atoms with Crippen molar-refractivity contribution in [2.24, 2.45) is 11.1 Å². The highest BCUT2D eigenvalue weighted by molar-refractivity contribution is 5.73. The Morgan fingerprint density at radius 2 is 1.71 bits per heavy atom. The van der Waals surface area contributed by atoms with Crippen LogP contribution in [0.4, 0.5) is 0 Å². The highest BCUT2D eigenvalue weighted by Crippen LogP contribution is 2.28. The molecule has 0 aliphatic carbocycles. The summed E-state index contributed by atoms with van der Waals surface area (Å²) in [4.78, 5) is 34.5. The van der Waals surface area contributed by atoms with Crippen LogP contribution in [-0.4, -0.2) is 74.4 Å². The Hall–Kier alpha value is -1.75. The molecule has 31 heavy (non-hydrogen) atoms. The van der Waals surface area contributed by atoms with Gasteiger partial charge in [0, 0.05) is 32.6 Å². The molecule has 1 saturated heterocycles. The lowest BCUT2D eigenvalue weighted by atomic mass is 9.95. The maximum absolute atomic E-state index is 11.7. The normalized spacial score (nSPS) is 24.4. The van der Waals surface area contributed by atoms with Gasteiger partial charge in [0.25, 0.3) is 0 Å². The van der Waals surface area contributed by atoms with Crippen molar-refractivity contribution in [2.45, 2.75) is 85.0 Å². The number of hydrogen-bond acceptors (Lipinski definition) is 9. The molecule has 1 unspecified atom stereocenters. The van der Waals surface area contributed by atoms with E-state index in [9.17, 15) is 14.4 Å². The van der Waals surface area contributed by atoms with E-state index in [1.54, 1.807) is 0 Å². The predicted octanol–water partition coefficient (Wildman–Crippen LogP) is 0.898. The maximum Gasteiger partial charge on any atom is 0.302 e. The Balaban J connectivity index is 2.91. The smallest absolute Gasteiger partial charge is 0.302 e. The lowest BCUT2D eigenvalue weighted by molar-refractivity contribution is -0.282. The number of amides is 1. The number of hydrogen-bond donors (Lipinski definition) is 2. The number of rotatable bonds is 11. The van der Waals surface area contributed by atoms with Gasteiger partial charge in [-0.1, -0.05) is 13.8 Å². The molecule has 1 rings (SSSR count). The summed E-state index contributed by atoms with van der Waals surface area (Å²) < 4.78 is 28.4. The molecule has 0 bridgehead atoms. The molecule has 0 aromatic rings. The number of carbonyl (C=O) groups excluding carboxylic acids is 3. The van der Waals surface area contributed by atoms with Gasteiger partial charge in [0.2, 0.25) is 5.91 Å². The van der Waals surface area contributed by atoms with Gasteiger partial charge in [-0.15, -0.1) is 0 Å². The molecule has 0 aromatic carbocycles. The Morgan fingerprint density at radius 1 is 1.06 bits per heavy atom. The van der Waals surface area contributed by atoms with Gasteiger partial charge in [0.05, 0.1) is 24.9 Å². The van der Waals surface area contributed by atoms with Crippen LogP contribution in [0.25, 0.3) is 0 Å². The van der Waals surface area contributed by atoms with Crippen LogP contribution in [0.5, 0.6) is 0 Å². The number of ether oxygens (including phenoxy) is 5. The Labute approximate surface area is 184 Å². The largest absolute Gasteiger partial charge is 0.463 e. The zero-order valence-electron chi connectivity index (χ0n) is 19.7. The van der Waals surface area contributed by atoms with E-state index in [-0.39, 0.29) is 31.0 Å². The van der Waals surface area contributed by atoms with Crippen LogP contribution in [0, 0.1) is 5.41 Å². The highest BCUT2D eigenvalue weighted by Gasteiger charge is 2.43. The van der Waals surface area contributed by atoms with Crippen molar-refractivity contribution >= 4 is 17.8 Å². The first kappa shape index (κ1) is 27.3. The summed E-state index contributed by atoms with van der Waals surface area (Å²) >= 11 is 0. The molecule has 4 atom stereocenters. The van der Waals surface area contributed by atoms with Crippen molar-refractivity contribution < 1.29 is 38.1 Å². The lowest BCUT2D eigenvalue weighted by Gasteiger charge is -2.43. The van der Waals surface area contributed by atoms with Crippen LogP contribution in [0.15, 0.2) is 0 Å². The van der Waals surface area contributed by atoms with Crippen molar-refractivity contribution in [3.05, 3.63) is 0 Å². The third-order valence-electron chi connectivity index (χ3n) is 4.63.